The Balaban J connectivity index is 2.25. The second kappa shape index (κ2) is 2.31. The van der Waals surface area contributed by atoms with Crippen LogP contribution in [0.1, 0.15) is 40.5 Å². The molecule has 0 spiro atoms. The van der Waals surface area contributed by atoms with Gasteiger partial charge in [-0.05, 0) is 43.4 Å². The van der Waals surface area contributed by atoms with Crippen LogP contribution in [-0.4, -0.2) is 4.75 Å². The van der Waals surface area contributed by atoms with Crippen molar-refractivity contribution in [2.24, 2.45) is 11.3 Å². The highest BCUT2D eigenvalue weighted by Gasteiger charge is 2.46. The number of thioether (sulfide) groups is 1. The maximum Gasteiger partial charge on any atom is 0.0210 e. The lowest BCUT2D eigenvalue weighted by Crippen LogP contribution is -2.23. The minimum atomic E-state index is 0.475. The van der Waals surface area contributed by atoms with Crippen molar-refractivity contribution in [2.45, 2.75) is 45.3 Å². The van der Waals surface area contributed by atoms with Gasteiger partial charge in [-0.1, -0.05) is 19.4 Å². The van der Waals surface area contributed by atoms with Gasteiger partial charge in [-0.2, -0.15) is 0 Å². The second-order valence-electron chi connectivity index (χ2n) is 5.51. The quantitative estimate of drug-likeness (QED) is 0.548. The van der Waals surface area contributed by atoms with Gasteiger partial charge in [0.2, 0.25) is 0 Å². The van der Waals surface area contributed by atoms with Crippen LogP contribution >= 0.6 is 11.8 Å². The van der Waals surface area contributed by atoms with Crippen molar-refractivity contribution in [3.8, 4) is 0 Å². The minimum absolute atomic E-state index is 0.475. The summed E-state index contributed by atoms with van der Waals surface area (Å²) in [5.41, 5.74) is 2.28. The third-order valence-corrected chi connectivity index (χ3v) is 4.55. The Morgan fingerprint density at radius 1 is 1.33 bits per heavy atom. The van der Waals surface area contributed by atoms with E-state index < -0.39 is 0 Å². The molecular formula is C11H18S. The highest BCUT2D eigenvalue weighted by atomic mass is 32.2. The summed E-state index contributed by atoms with van der Waals surface area (Å²) >= 11 is 2.03. The van der Waals surface area contributed by atoms with Crippen molar-refractivity contribution in [2.75, 3.05) is 0 Å². The maximum absolute atomic E-state index is 2.42. The lowest BCUT2D eigenvalue weighted by molar-refractivity contribution is 0.340. The average Bonchev–Trinajstić information content (AvgIpc) is 2.31. The van der Waals surface area contributed by atoms with Gasteiger partial charge in [-0.3, -0.25) is 0 Å². The first-order chi connectivity index (χ1) is 5.41. The maximum atomic E-state index is 2.42. The molecule has 0 nitrogen and oxygen atoms in total. The van der Waals surface area contributed by atoms with E-state index in [9.17, 15) is 0 Å². The zero-order chi connectivity index (χ0) is 8.98. The fourth-order valence-electron chi connectivity index (χ4n) is 2.56. The molecule has 68 valence electrons. The summed E-state index contributed by atoms with van der Waals surface area (Å²) in [6.45, 7) is 9.56. The fraction of sp³-hybridized carbons (Fsp3) is 0.818. The van der Waals surface area contributed by atoms with Gasteiger partial charge in [0.1, 0.15) is 0 Å². The number of allylic oxidation sites excluding steroid dienone is 1. The first-order valence-electron chi connectivity index (χ1n) is 4.77. The van der Waals surface area contributed by atoms with Gasteiger partial charge in [0, 0.05) is 4.75 Å². The van der Waals surface area contributed by atoms with Crippen molar-refractivity contribution >= 4 is 11.8 Å². The Kier molecular flexibility index (Phi) is 1.67. The number of hydrogen-bond donors (Lipinski definition) is 0. The highest BCUT2D eigenvalue weighted by Crippen LogP contribution is 2.57. The molecule has 1 aliphatic carbocycles. The van der Waals surface area contributed by atoms with Crippen molar-refractivity contribution in [1.29, 1.82) is 0 Å². The van der Waals surface area contributed by atoms with Gasteiger partial charge in [0.15, 0.2) is 0 Å². The van der Waals surface area contributed by atoms with Gasteiger partial charge in [-0.25, -0.2) is 0 Å². The van der Waals surface area contributed by atoms with Crippen LogP contribution in [0.2, 0.25) is 0 Å². The third kappa shape index (κ3) is 1.22. The fourth-order valence-corrected chi connectivity index (χ4v) is 3.66. The van der Waals surface area contributed by atoms with Gasteiger partial charge in [0.05, 0.1) is 0 Å². The van der Waals surface area contributed by atoms with Crippen molar-refractivity contribution in [3.05, 3.63) is 11.0 Å². The molecule has 2 aliphatic rings. The SMILES string of the molecule is CC1(C)CC2=CSC(C)(C)C2C1. The summed E-state index contributed by atoms with van der Waals surface area (Å²) in [7, 11) is 0. The van der Waals surface area contributed by atoms with Gasteiger partial charge in [-0.15, -0.1) is 11.8 Å². The summed E-state index contributed by atoms with van der Waals surface area (Å²) in [6, 6.07) is 0. The average molecular weight is 182 g/mol. The van der Waals surface area contributed by atoms with E-state index in [1.807, 2.05) is 11.8 Å². The van der Waals surface area contributed by atoms with Crippen LogP contribution in [-0.2, 0) is 0 Å². The van der Waals surface area contributed by atoms with E-state index in [4.69, 9.17) is 0 Å². The lowest BCUT2D eigenvalue weighted by Gasteiger charge is -2.27. The van der Waals surface area contributed by atoms with Crippen molar-refractivity contribution in [1.82, 2.24) is 0 Å². The topological polar surface area (TPSA) is 0 Å². The molecule has 0 aromatic heterocycles. The predicted octanol–water partition coefficient (Wildman–Crippen LogP) is 3.83. The molecule has 0 aromatic rings. The Morgan fingerprint density at radius 2 is 2.00 bits per heavy atom. The van der Waals surface area contributed by atoms with Crippen LogP contribution in [0.15, 0.2) is 11.0 Å². The van der Waals surface area contributed by atoms with Crippen LogP contribution in [0.3, 0.4) is 0 Å². The molecule has 0 amide bonds. The molecule has 1 heterocycles. The van der Waals surface area contributed by atoms with Crippen LogP contribution in [0.4, 0.5) is 0 Å². The van der Waals surface area contributed by atoms with Gasteiger partial charge >= 0.3 is 0 Å². The molecule has 0 saturated heterocycles. The minimum Gasteiger partial charge on any atom is -0.127 e. The molecule has 1 atom stereocenters. The number of hydrogen-bond acceptors (Lipinski definition) is 1. The van der Waals surface area contributed by atoms with E-state index in [0.717, 1.165) is 5.92 Å². The van der Waals surface area contributed by atoms with Crippen molar-refractivity contribution < 1.29 is 0 Å². The van der Waals surface area contributed by atoms with E-state index in [1.54, 1.807) is 5.57 Å². The molecule has 0 radical (unpaired) electrons. The summed E-state index contributed by atoms with van der Waals surface area (Å²) in [6.07, 6.45) is 2.72. The van der Waals surface area contributed by atoms with E-state index in [0.29, 0.717) is 10.2 Å². The molecule has 0 bridgehead atoms. The molecule has 2 rings (SSSR count). The number of fused-ring (bicyclic) bond motifs is 1. The summed E-state index contributed by atoms with van der Waals surface area (Å²) in [4.78, 5) is 0. The van der Waals surface area contributed by atoms with Crippen LogP contribution < -0.4 is 0 Å². The smallest absolute Gasteiger partial charge is 0.0210 e. The standard InChI is InChI=1S/C11H18S/c1-10(2)5-8-7-12-11(3,4)9(8)6-10/h7,9H,5-6H2,1-4H3. The molecule has 0 N–H and O–H groups in total. The third-order valence-electron chi connectivity index (χ3n) is 3.24. The molecule has 12 heavy (non-hydrogen) atoms. The van der Waals surface area contributed by atoms with Crippen LogP contribution in [0.25, 0.3) is 0 Å². The summed E-state index contributed by atoms with van der Waals surface area (Å²) in [5, 5.41) is 2.42. The molecule has 1 heteroatoms. The van der Waals surface area contributed by atoms with Crippen LogP contribution in [0.5, 0.6) is 0 Å². The van der Waals surface area contributed by atoms with Crippen molar-refractivity contribution in [3.63, 3.8) is 0 Å². The molecule has 0 aromatic carbocycles. The van der Waals surface area contributed by atoms with Gasteiger partial charge < -0.3 is 0 Å². The Labute approximate surface area is 79.8 Å². The molecule has 1 saturated carbocycles. The largest absolute Gasteiger partial charge is 0.127 e. The monoisotopic (exact) mass is 182 g/mol. The normalized spacial score (nSPS) is 36.3. The Bertz CT molecular complexity index is 235. The van der Waals surface area contributed by atoms with Gasteiger partial charge in [0.25, 0.3) is 0 Å². The first kappa shape index (κ1) is 8.68. The number of rotatable bonds is 0. The predicted molar refractivity (Wildman–Crippen MR) is 56.3 cm³/mol. The van der Waals surface area contributed by atoms with E-state index in [-0.39, 0.29) is 0 Å². The van der Waals surface area contributed by atoms with Crippen LogP contribution in [0, 0.1) is 11.3 Å². The summed E-state index contributed by atoms with van der Waals surface area (Å²) < 4.78 is 0.475. The molecule has 1 fully saturated rings. The zero-order valence-electron chi connectivity index (χ0n) is 8.48. The lowest BCUT2D eigenvalue weighted by atomic mass is 9.86. The Hall–Kier alpha value is 0.0900. The summed E-state index contributed by atoms with van der Waals surface area (Å²) in [5.74, 6) is 0.859. The first-order valence-corrected chi connectivity index (χ1v) is 5.65. The van der Waals surface area contributed by atoms with E-state index in [2.05, 4.69) is 33.1 Å². The Morgan fingerprint density at radius 3 is 2.58 bits per heavy atom. The molecule has 1 unspecified atom stereocenters. The van der Waals surface area contributed by atoms with E-state index in [1.165, 1.54) is 12.8 Å². The zero-order valence-corrected chi connectivity index (χ0v) is 9.29. The molecular weight excluding hydrogens is 164 g/mol. The second-order valence-corrected chi connectivity index (χ2v) is 7.04. The highest BCUT2D eigenvalue weighted by molar-refractivity contribution is 8.03. The molecule has 1 aliphatic heterocycles. The van der Waals surface area contributed by atoms with E-state index >= 15 is 0 Å².